The number of aliphatic hydroxyl groups is 1. The van der Waals surface area contributed by atoms with Crippen LogP contribution in [0.5, 0.6) is 0 Å². The standard InChI is InChI=1S/C17H18O5/c1-16(15(20)21)9-11(14(18)19)8-13(10-16)17(2,22)12-6-4-3-5-7-12/h3-8,10,22H,9H2,1-2H3,(H,18,19)(H,20,21). The van der Waals surface area contributed by atoms with Crippen molar-refractivity contribution in [2.45, 2.75) is 25.9 Å². The molecule has 1 aromatic carbocycles. The molecule has 1 aliphatic rings. The highest BCUT2D eigenvalue weighted by Gasteiger charge is 2.40. The fourth-order valence-corrected chi connectivity index (χ4v) is 2.56. The third kappa shape index (κ3) is 2.80. The summed E-state index contributed by atoms with van der Waals surface area (Å²) in [5.41, 5.74) is -2.03. The van der Waals surface area contributed by atoms with Gasteiger partial charge in [0, 0.05) is 5.57 Å². The van der Waals surface area contributed by atoms with E-state index < -0.39 is 23.0 Å². The van der Waals surface area contributed by atoms with Gasteiger partial charge in [-0.25, -0.2) is 4.79 Å². The fraction of sp³-hybridized carbons (Fsp3) is 0.294. The fourth-order valence-electron chi connectivity index (χ4n) is 2.56. The molecule has 2 rings (SSSR count). The second-order valence-electron chi connectivity index (χ2n) is 5.91. The van der Waals surface area contributed by atoms with E-state index in [0.29, 0.717) is 5.56 Å². The predicted octanol–water partition coefficient (Wildman–Crippen LogP) is 2.33. The SMILES string of the molecule is CC1(C(=O)O)C=C(C(C)(O)c2ccccc2)C=C(C(=O)O)C1. The van der Waals surface area contributed by atoms with Crippen LogP contribution < -0.4 is 0 Å². The van der Waals surface area contributed by atoms with Crippen molar-refractivity contribution in [2.75, 3.05) is 0 Å². The molecule has 1 aliphatic carbocycles. The number of aliphatic carboxylic acids is 2. The van der Waals surface area contributed by atoms with Crippen LogP contribution in [0.3, 0.4) is 0 Å². The van der Waals surface area contributed by atoms with Crippen molar-refractivity contribution in [3.05, 3.63) is 59.2 Å². The molecular weight excluding hydrogens is 284 g/mol. The summed E-state index contributed by atoms with van der Waals surface area (Å²) in [4.78, 5) is 22.8. The van der Waals surface area contributed by atoms with Crippen LogP contribution in [0.25, 0.3) is 0 Å². The van der Waals surface area contributed by atoms with Gasteiger partial charge in [-0.1, -0.05) is 36.4 Å². The molecule has 0 saturated carbocycles. The Kier molecular flexibility index (Phi) is 3.94. The maximum Gasteiger partial charge on any atom is 0.331 e. The van der Waals surface area contributed by atoms with Crippen molar-refractivity contribution in [3.8, 4) is 0 Å². The van der Waals surface area contributed by atoms with Crippen LogP contribution in [0, 0.1) is 5.41 Å². The smallest absolute Gasteiger partial charge is 0.331 e. The number of hydrogen-bond donors (Lipinski definition) is 3. The molecule has 3 N–H and O–H groups in total. The van der Waals surface area contributed by atoms with Gasteiger partial charge in [0.2, 0.25) is 0 Å². The maximum atomic E-state index is 11.5. The molecule has 2 atom stereocenters. The van der Waals surface area contributed by atoms with Crippen molar-refractivity contribution >= 4 is 11.9 Å². The Morgan fingerprint density at radius 1 is 1.18 bits per heavy atom. The summed E-state index contributed by atoms with van der Waals surface area (Å²) < 4.78 is 0. The number of rotatable bonds is 4. The maximum absolute atomic E-state index is 11.5. The molecule has 0 radical (unpaired) electrons. The van der Waals surface area contributed by atoms with Crippen molar-refractivity contribution in [1.29, 1.82) is 0 Å². The summed E-state index contributed by atoms with van der Waals surface area (Å²) in [6.07, 6.45) is 2.68. The molecule has 0 fully saturated rings. The van der Waals surface area contributed by atoms with Crippen LogP contribution >= 0.6 is 0 Å². The summed E-state index contributed by atoms with van der Waals surface area (Å²) >= 11 is 0. The molecule has 0 spiro atoms. The Morgan fingerprint density at radius 3 is 2.27 bits per heavy atom. The predicted molar refractivity (Wildman–Crippen MR) is 80.2 cm³/mol. The molecule has 5 nitrogen and oxygen atoms in total. The Labute approximate surface area is 128 Å². The Morgan fingerprint density at radius 2 is 1.77 bits per heavy atom. The van der Waals surface area contributed by atoms with Crippen LogP contribution in [-0.4, -0.2) is 27.3 Å². The van der Waals surface area contributed by atoms with Gasteiger partial charge in [-0.3, -0.25) is 4.79 Å². The lowest BCUT2D eigenvalue weighted by atomic mass is 9.73. The van der Waals surface area contributed by atoms with Gasteiger partial charge in [0.25, 0.3) is 0 Å². The zero-order chi connectivity index (χ0) is 16.5. The molecule has 0 saturated heterocycles. The quantitative estimate of drug-likeness (QED) is 0.793. The van der Waals surface area contributed by atoms with Gasteiger partial charge in [-0.05, 0) is 37.5 Å². The highest BCUT2D eigenvalue weighted by molar-refractivity contribution is 5.90. The van der Waals surface area contributed by atoms with Gasteiger partial charge in [-0.2, -0.15) is 0 Å². The third-order valence-electron chi connectivity index (χ3n) is 4.02. The number of hydrogen-bond acceptors (Lipinski definition) is 3. The summed E-state index contributed by atoms with van der Waals surface area (Å²) in [6.45, 7) is 2.98. The molecule has 116 valence electrons. The molecule has 0 amide bonds. The minimum Gasteiger partial charge on any atom is -0.481 e. The molecule has 0 heterocycles. The molecule has 1 aromatic rings. The normalized spacial score (nSPS) is 24.0. The Bertz CT molecular complexity index is 670. The van der Waals surface area contributed by atoms with Gasteiger partial charge >= 0.3 is 11.9 Å². The first-order chi connectivity index (χ1) is 10.2. The van der Waals surface area contributed by atoms with Crippen molar-refractivity contribution in [1.82, 2.24) is 0 Å². The van der Waals surface area contributed by atoms with Gasteiger partial charge < -0.3 is 15.3 Å². The van der Waals surface area contributed by atoms with E-state index in [-0.39, 0.29) is 17.6 Å². The summed E-state index contributed by atoms with van der Waals surface area (Å²) in [6, 6.07) is 8.73. The molecule has 0 aromatic heterocycles. The highest BCUT2D eigenvalue weighted by atomic mass is 16.4. The first-order valence-corrected chi connectivity index (χ1v) is 6.85. The van der Waals surface area contributed by atoms with Crippen LogP contribution in [0.1, 0.15) is 25.8 Å². The first kappa shape index (κ1) is 16.0. The monoisotopic (exact) mass is 302 g/mol. The largest absolute Gasteiger partial charge is 0.481 e. The number of carboxylic acid groups (broad SMARTS) is 2. The lowest BCUT2D eigenvalue weighted by Crippen LogP contribution is -2.34. The van der Waals surface area contributed by atoms with Crippen molar-refractivity contribution in [2.24, 2.45) is 5.41 Å². The summed E-state index contributed by atoms with van der Waals surface area (Å²) in [7, 11) is 0. The average Bonchev–Trinajstić information content (AvgIpc) is 2.47. The minimum atomic E-state index is -1.47. The van der Waals surface area contributed by atoms with Crippen LogP contribution in [0.4, 0.5) is 0 Å². The number of carbonyl (C=O) groups is 2. The van der Waals surface area contributed by atoms with Crippen molar-refractivity contribution < 1.29 is 24.9 Å². The average molecular weight is 302 g/mol. The third-order valence-corrected chi connectivity index (χ3v) is 4.02. The van der Waals surface area contributed by atoms with Gasteiger partial charge in [-0.15, -0.1) is 0 Å². The molecule has 5 heteroatoms. The van der Waals surface area contributed by atoms with Crippen LogP contribution in [0.2, 0.25) is 0 Å². The highest BCUT2D eigenvalue weighted by Crippen LogP contribution is 2.40. The zero-order valence-electron chi connectivity index (χ0n) is 12.4. The minimum absolute atomic E-state index is 0.0291. The number of benzene rings is 1. The van der Waals surface area contributed by atoms with E-state index in [0.717, 1.165) is 0 Å². The van der Waals surface area contributed by atoms with E-state index >= 15 is 0 Å². The summed E-state index contributed by atoms with van der Waals surface area (Å²) in [5.74, 6) is -2.30. The molecule has 0 aliphatic heterocycles. The van der Waals surface area contributed by atoms with Gasteiger partial charge in [0.15, 0.2) is 0 Å². The second kappa shape index (κ2) is 5.42. The van der Waals surface area contributed by atoms with E-state index in [1.165, 1.54) is 26.0 Å². The lowest BCUT2D eigenvalue weighted by Gasteiger charge is -2.33. The topological polar surface area (TPSA) is 94.8 Å². The van der Waals surface area contributed by atoms with E-state index in [2.05, 4.69) is 0 Å². The van der Waals surface area contributed by atoms with Crippen LogP contribution in [0.15, 0.2) is 53.6 Å². The molecule has 22 heavy (non-hydrogen) atoms. The second-order valence-corrected chi connectivity index (χ2v) is 5.91. The zero-order valence-corrected chi connectivity index (χ0v) is 12.4. The molecule has 0 bridgehead atoms. The van der Waals surface area contributed by atoms with Crippen LogP contribution in [-0.2, 0) is 15.2 Å². The van der Waals surface area contributed by atoms with E-state index in [1.807, 2.05) is 0 Å². The van der Waals surface area contributed by atoms with E-state index in [4.69, 9.17) is 0 Å². The lowest BCUT2D eigenvalue weighted by molar-refractivity contribution is -0.145. The number of carboxylic acids is 2. The first-order valence-electron chi connectivity index (χ1n) is 6.85. The Hall–Kier alpha value is -2.40. The van der Waals surface area contributed by atoms with E-state index in [9.17, 15) is 24.9 Å². The van der Waals surface area contributed by atoms with Gasteiger partial charge in [0.05, 0.1) is 5.41 Å². The molecular formula is C17H18O5. The Balaban J connectivity index is 2.57. The molecule has 2 unspecified atom stereocenters. The van der Waals surface area contributed by atoms with Crippen molar-refractivity contribution in [3.63, 3.8) is 0 Å². The summed E-state index contributed by atoms with van der Waals surface area (Å²) in [5, 5.41) is 29.5. The van der Waals surface area contributed by atoms with Gasteiger partial charge in [0.1, 0.15) is 5.60 Å². The van der Waals surface area contributed by atoms with E-state index in [1.54, 1.807) is 30.3 Å².